The largest absolute Gasteiger partial charge is 0.481 e. The van der Waals surface area contributed by atoms with Crippen molar-refractivity contribution in [3.63, 3.8) is 0 Å². The van der Waals surface area contributed by atoms with Crippen LogP contribution in [-0.2, 0) is 19.4 Å². The summed E-state index contributed by atoms with van der Waals surface area (Å²) in [5.41, 5.74) is 0. The molecule has 2 aliphatic heterocycles. The molecule has 0 aromatic heterocycles. The van der Waals surface area contributed by atoms with Crippen LogP contribution in [0.15, 0.2) is 0 Å². The molecule has 2 atom stereocenters. The third-order valence-corrected chi connectivity index (χ3v) is 5.67. The normalized spacial score (nSPS) is 30.2. The number of hydrogen-bond acceptors (Lipinski definition) is 4. The molecule has 108 valence electrons. The van der Waals surface area contributed by atoms with Crippen LogP contribution in [0.5, 0.6) is 0 Å². The third kappa shape index (κ3) is 3.46. The highest BCUT2D eigenvalue weighted by Gasteiger charge is 2.38. The van der Waals surface area contributed by atoms with E-state index in [1.54, 1.807) is 4.90 Å². The Balaban J connectivity index is 2.05. The second kappa shape index (κ2) is 5.48. The molecule has 19 heavy (non-hydrogen) atoms. The Bertz CT molecular complexity index is 473. The molecular weight excluding hydrogens is 270 g/mol. The maximum atomic E-state index is 12.3. The number of aliphatic carboxylic acids is 1. The number of likely N-dealkylation sites (tertiary alicyclic amines) is 1. The number of piperidine rings is 1. The highest BCUT2D eigenvalue weighted by atomic mass is 32.2. The molecule has 7 heteroatoms. The Kier molecular flexibility index (Phi) is 4.13. The van der Waals surface area contributed by atoms with Crippen molar-refractivity contribution in [3.8, 4) is 0 Å². The van der Waals surface area contributed by atoms with Gasteiger partial charge in [0.2, 0.25) is 5.91 Å². The van der Waals surface area contributed by atoms with Gasteiger partial charge >= 0.3 is 5.97 Å². The lowest BCUT2D eigenvalue weighted by Gasteiger charge is -2.36. The van der Waals surface area contributed by atoms with Gasteiger partial charge in [-0.1, -0.05) is 0 Å². The summed E-state index contributed by atoms with van der Waals surface area (Å²) in [6.45, 7) is 0.549. The molecule has 6 nitrogen and oxygen atoms in total. The molecule has 2 fully saturated rings. The van der Waals surface area contributed by atoms with Gasteiger partial charge in [-0.3, -0.25) is 9.59 Å². The maximum Gasteiger partial charge on any atom is 0.305 e. The zero-order valence-electron chi connectivity index (χ0n) is 10.7. The van der Waals surface area contributed by atoms with Crippen LogP contribution in [0.3, 0.4) is 0 Å². The first-order chi connectivity index (χ1) is 8.89. The number of carbonyl (C=O) groups is 2. The zero-order valence-corrected chi connectivity index (χ0v) is 11.6. The number of hydrogen-bond donors (Lipinski definition) is 1. The predicted molar refractivity (Wildman–Crippen MR) is 68.4 cm³/mol. The van der Waals surface area contributed by atoms with Crippen LogP contribution in [-0.4, -0.2) is 54.4 Å². The molecule has 2 heterocycles. The molecule has 0 radical (unpaired) electrons. The number of carboxylic acid groups (broad SMARTS) is 1. The predicted octanol–water partition coefficient (Wildman–Crippen LogP) is 0.277. The van der Waals surface area contributed by atoms with Crippen LogP contribution < -0.4 is 0 Å². The summed E-state index contributed by atoms with van der Waals surface area (Å²) in [5.74, 6) is -1.57. The quantitative estimate of drug-likeness (QED) is 0.805. The molecule has 2 aliphatic rings. The first kappa shape index (κ1) is 14.3. The van der Waals surface area contributed by atoms with E-state index in [4.69, 9.17) is 5.11 Å². The molecule has 1 N–H and O–H groups in total. The van der Waals surface area contributed by atoms with Gasteiger partial charge in [-0.15, -0.1) is 0 Å². The molecule has 0 aliphatic carbocycles. The Labute approximate surface area is 112 Å². The topological polar surface area (TPSA) is 91.8 Å². The standard InChI is InChI=1S/C12H19NO5S/c14-11(15)7-10-3-1-2-5-13(10)12(16)9-4-6-19(17,18)8-9/h9-10H,1-8H2,(H,14,15). The number of carboxylic acids is 1. The van der Waals surface area contributed by atoms with Gasteiger partial charge in [-0.05, 0) is 25.7 Å². The van der Waals surface area contributed by atoms with Crippen LogP contribution in [0.4, 0.5) is 0 Å². The Morgan fingerprint density at radius 3 is 2.53 bits per heavy atom. The van der Waals surface area contributed by atoms with Gasteiger partial charge in [0.15, 0.2) is 9.84 Å². The van der Waals surface area contributed by atoms with E-state index in [1.165, 1.54) is 0 Å². The molecular formula is C12H19NO5S. The van der Waals surface area contributed by atoms with Crippen molar-refractivity contribution in [3.05, 3.63) is 0 Å². The molecule has 2 saturated heterocycles. The molecule has 0 aromatic rings. The fourth-order valence-electron chi connectivity index (χ4n) is 2.93. The SMILES string of the molecule is O=C(O)CC1CCCCN1C(=O)C1CCS(=O)(=O)C1. The fraction of sp³-hybridized carbons (Fsp3) is 0.833. The molecule has 0 spiro atoms. The van der Waals surface area contributed by atoms with E-state index in [9.17, 15) is 18.0 Å². The zero-order chi connectivity index (χ0) is 14.0. The van der Waals surface area contributed by atoms with Crippen molar-refractivity contribution in [2.24, 2.45) is 5.92 Å². The van der Waals surface area contributed by atoms with Gasteiger partial charge in [-0.2, -0.15) is 0 Å². The summed E-state index contributed by atoms with van der Waals surface area (Å²) in [6.07, 6.45) is 2.80. The van der Waals surface area contributed by atoms with Crippen molar-refractivity contribution in [1.29, 1.82) is 0 Å². The van der Waals surface area contributed by atoms with Crippen molar-refractivity contribution in [2.45, 2.75) is 38.1 Å². The van der Waals surface area contributed by atoms with Crippen LogP contribution in [0.1, 0.15) is 32.1 Å². The van der Waals surface area contributed by atoms with E-state index >= 15 is 0 Å². The number of sulfone groups is 1. The summed E-state index contributed by atoms with van der Waals surface area (Å²) in [7, 11) is -3.08. The van der Waals surface area contributed by atoms with E-state index in [-0.39, 0.29) is 29.9 Å². The lowest BCUT2D eigenvalue weighted by molar-refractivity contribution is -0.143. The van der Waals surface area contributed by atoms with E-state index in [2.05, 4.69) is 0 Å². The van der Waals surface area contributed by atoms with E-state index in [0.29, 0.717) is 19.4 Å². The highest BCUT2D eigenvalue weighted by molar-refractivity contribution is 7.91. The van der Waals surface area contributed by atoms with Gasteiger partial charge in [0.05, 0.1) is 23.8 Å². The molecule has 2 unspecified atom stereocenters. The van der Waals surface area contributed by atoms with E-state index < -0.39 is 21.7 Å². The van der Waals surface area contributed by atoms with Crippen LogP contribution in [0.2, 0.25) is 0 Å². The van der Waals surface area contributed by atoms with Crippen LogP contribution in [0, 0.1) is 5.92 Å². The minimum atomic E-state index is -3.08. The number of carbonyl (C=O) groups excluding carboxylic acids is 1. The number of nitrogens with zero attached hydrogens (tertiary/aromatic N) is 1. The molecule has 0 aromatic carbocycles. The summed E-state index contributed by atoms with van der Waals surface area (Å²) in [6, 6.07) is -0.276. The summed E-state index contributed by atoms with van der Waals surface area (Å²) >= 11 is 0. The summed E-state index contributed by atoms with van der Waals surface area (Å²) < 4.78 is 22.8. The first-order valence-corrected chi connectivity index (χ1v) is 8.44. The van der Waals surface area contributed by atoms with Crippen molar-refractivity contribution < 1.29 is 23.1 Å². The lowest BCUT2D eigenvalue weighted by Crippen LogP contribution is -2.47. The summed E-state index contributed by atoms with van der Waals surface area (Å²) in [4.78, 5) is 24.8. The number of rotatable bonds is 3. The second-order valence-corrected chi connectivity index (χ2v) is 7.61. The average Bonchev–Trinajstić information content (AvgIpc) is 2.69. The lowest BCUT2D eigenvalue weighted by atomic mass is 9.96. The Morgan fingerprint density at radius 2 is 1.95 bits per heavy atom. The fourth-order valence-corrected chi connectivity index (χ4v) is 4.66. The highest BCUT2D eigenvalue weighted by Crippen LogP contribution is 2.26. The second-order valence-electron chi connectivity index (χ2n) is 5.38. The van der Waals surface area contributed by atoms with Crippen LogP contribution >= 0.6 is 0 Å². The molecule has 2 rings (SSSR count). The monoisotopic (exact) mass is 289 g/mol. The van der Waals surface area contributed by atoms with Gasteiger partial charge in [-0.25, -0.2) is 8.42 Å². The van der Waals surface area contributed by atoms with Gasteiger partial charge in [0.25, 0.3) is 0 Å². The molecule has 1 amide bonds. The Morgan fingerprint density at radius 1 is 1.21 bits per heavy atom. The van der Waals surface area contributed by atoms with Gasteiger partial charge < -0.3 is 10.0 Å². The minimum Gasteiger partial charge on any atom is -0.481 e. The Hall–Kier alpha value is -1.11. The average molecular weight is 289 g/mol. The minimum absolute atomic E-state index is 0.0504. The smallest absolute Gasteiger partial charge is 0.305 e. The first-order valence-electron chi connectivity index (χ1n) is 6.62. The third-order valence-electron chi connectivity index (χ3n) is 3.90. The van der Waals surface area contributed by atoms with Crippen molar-refractivity contribution in [1.82, 2.24) is 4.90 Å². The maximum absolute atomic E-state index is 12.3. The van der Waals surface area contributed by atoms with E-state index in [0.717, 1.165) is 12.8 Å². The van der Waals surface area contributed by atoms with E-state index in [1.807, 2.05) is 0 Å². The van der Waals surface area contributed by atoms with Gasteiger partial charge in [0.1, 0.15) is 0 Å². The van der Waals surface area contributed by atoms with Crippen molar-refractivity contribution in [2.75, 3.05) is 18.1 Å². The van der Waals surface area contributed by atoms with Crippen molar-refractivity contribution >= 4 is 21.7 Å². The number of amides is 1. The molecule has 0 saturated carbocycles. The molecule has 0 bridgehead atoms. The van der Waals surface area contributed by atoms with Gasteiger partial charge in [0, 0.05) is 12.6 Å². The van der Waals surface area contributed by atoms with Crippen LogP contribution in [0.25, 0.3) is 0 Å². The summed E-state index contributed by atoms with van der Waals surface area (Å²) in [5, 5.41) is 8.88.